The lowest BCUT2D eigenvalue weighted by molar-refractivity contribution is 0.0660. The Morgan fingerprint density at radius 2 is 1.72 bits per heavy atom. The summed E-state index contributed by atoms with van der Waals surface area (Å²) in [5, 5.41) is 8.69. The van der Waals surface area contributed by atoms with E-state index in [4.69, 9.17) is 14.6 Å². The molecule has 3 aliphatic rings. The number of hydrogen-bond donors (Lipinski definition) is 2. The molecule has 1 saturated carbocycles. The van der Waals surface area contributed by atoms with Gasteiger partial charge in [-0.2, -0.15) is 12.7 Å². The Hall–Kier alpha value is -1.38. The summed E-state index contributed by atoms with van der Waals surface area (Å²) < 4.78 is 38.6. The molecule has 1 aliphatic heterocycles. The number of hydrogen-bond acceptors (Lipinski definition) is 7. The van der Waals surface area contributed by atoms with E-state index in [2.05, 4.69) is 16.7 Å². The molecule has 0 bridgehead atoms. The first-order valence-electron chi connectivity index (χ1n) is 10.3. The molecule has 10 heteroatoms. The third kappa shape index (κ3) is 6.55. The first kappa shape index (κ1) is 22.3. The van der Waals surface area contributed by atoms with Gasteiger partial charge < -0.3 is 14.6 Å². The van der Waals surface area contributed by atoms with Gasteiger partial charge in [-0.05, 0) is 30.6 Å². The number of nitrogens with zero attached hydrogens (tertiary/aromatic N) is 2. The van der Waals surface area contributed by atoms with Crippen molar-refractivity contribution in [2.75, 3.05) is 59.2 Å². The first-order valence-corrected chi connectivity index (χ1v) is 11.8. The normalized spacial score (nSPS) is 27.7. The Bertz CT molecular complexity index is 693. The molecule has 0 spiro atoms. The predicted octanol–water partition coefficient (Wildman–Crippen LogP) is 0.0235. The van der Waals surface area contributed by atoms with Crippen LogP contribution in [0.15, 0.2) is 0 Å². The molecule has 1 amide bonds. The van der Waals surface area contributed by atoms with Crippen LogP contribution in [-0.2, 0) is 19.7 Å². The van der Waals surface area contributed by atoms with E-state index in [1.54, 1.807) is 0 Å². The maximum Gasteiger partial charge on any atom is 0.421 e. The number of carbonyl (C=O) groups is 1. The molecule has 164 valence electrons. The molecule has 1 saturated heterocycles. The van der Waals surface area contributed by atoms with E-state index in [9.17, 15) is 13.2 Å². The van der Waals surface area contributed by atoms with E-state index in [-0.39, 0.29) is 13.2 Å². The van der Waals surface area contributed by atoms with Crippen LogP contribution in [0, 0.1) is 29.6 Å². The summed E-state index contributed by atoms with van der Waals surface area (Å²) in [6.07, 6.45) is 2.93. The molecule has 3 atom stereocenters. The standard InChI is InChI=1S/C19H31N3O6S/c23-12-14-27-13-11-21-7-9-22(10-8-21)29(25,26)20-19(24)28-15-18-16-5-3-1-2-4-6-17(16)18/h16-18,23H,3-15H2,(H,20,24)/t16-,17+,18-. The average Bonchev–Trinajstić information content (AvgIpc) is 3.33. The van der Waals surface area contributed by atoms with Crippen molar-refractivity contribution in [3.8, 4) is 11.8 Å². The van der Waals surface area contributed by atoms with Crippen LogP contribution in [0.5, 0.6) is 0 Å². The van der Waals surface area contributed by atoms with Crippen molar-refractivity contribution in [2.24, 2.45) is 17.8 Å². The molecule has 0 unspecified atom stereocenters. The molecule has 1 heterocycles. The molecule has 29 heavy (non-hydrogen) atoms. The Balaban J connectivity index is 1.35. The smallest absolute Gasteiger partial charge is 0.421 e. The predicted molar refractivity (Wildman–Crippen MR) is 106 cm³/mol. The van der Waals surface area contributed by atoms with E-state index in [0.717, 1.165) is 25.7 Å². The number of rotatable bonds is 9. The van der Waals surface area contributed by atoms with Crippen molar-refractivity contribution in [2.45, 2.75) is 25.7 Å². The third-order valence-corrected chi connectivity index (χ3v) is 7.39. The van der Waals surface area contributed by atoms with E-state index in [0.29, 0.717) is 63.7 Å². The van der Waals surface area contributed by atoms with Gasteiger partial charge in [-0.25, -0.2) is 9.52 Å². The van der Waals surface area contributed by atoms with Crippen molar-refractivity contribution < 1.29 is 27.8 Å². The zero-order chi connectivity index (χ0) is 20.7. The highest BCUT2D eigenvalue weighted by atomic mass is 32.2. The molecule has 2 aliphatic carbocycles. The summed E-state index contributed by atoms with van der Waals surface area (Å²) in [5.41, 5.74) is 0. The lowest BCUT2D eigenvalue weighted by Crippen LogP contribution is -2.53. The number of amides is 1. The van der Waals surface area contributed by atoms with Crippen LogP contribution in [0.25, 0.3) is 0 Å². The van der Waals surface area contributed by atoms with E-state index >= 15 is 0 Å². The molecular formula is C19H31N3O6S. The minimum Gasteiger partial charge on any atom is -0.449 e. The lowest BCUT2D eigenvalue weighted by Gasteiger charge is -2.33. The minimum atomic E-state index is -3.90. The molecule has 0 aromatic rings. The molecule has 3 rings (SSSR count). The minimum absolute atomic E-state index is 0.00966. The molecule has 0 aromatic carbocycles. The molecule has 2 N–H and O–H groups in total. The Kier molecular flexibility index (Phi) is 8.15. The van der Waals surface area contributed by atoms with Crippen molar-refractivity contribution in [1.82, 2.24) is 13.9 Å². The molecule has 0 radical (unpaired) electrons. The number of fused-ring (bicyclic) bond motifs is 1. The van der Waals surface area contributed by atoms with Gasteiger partial charge in [0.1, 0.15) is 0 Å². The van der Waals surface area contributed by atoms with Crippen LogP contribution in [0.3, 0.4) is 0 Å². The fourth-order valence-corrected chi connectivity index (χ4v) is 5.25. The van der Waals surface area contributed by atoms with Gasteiger partial charge in [0, 0.05) is 45.6 Å². The second kappa shape index (κ2) is 10.6. The average molecular weight is 430 g/mol. The molecule has 9 nitrogen and oxygen atoms in total. The summed E-state index contributed by atoms with van der Waals surface area (Å²) in [5.74, 6) is 7.69. The van der Waals surface area contributed by atoms with Gasteiger partial charge in [0.25, 0.3) is 0 Å². The summed E-state index contributed by atoms with van der Waals surface area (Å²) in [6, 6.07) is 0. The highest BCUT2D eigenvalue weighted by Gasteiger charge is 2.49. The summed E-state index contributed by atoms with van der Waals surface area (Å²) in [6.45, 7) is 3.45. The fraction of sp³-hybridized carbons (Fsp3) is 0.842. The van der Waals surface area contributed by atoms with Crippen LogP contribution in [0.4, 0.5) is 4.79 Å². The van der Waals surface area contributed by atoms with Gasteiger partial charge in [-0.1, -0.05) is 0 Å². The molecular weight excluding hydrogens is 398 g/mol. The summed E-state index contributed by atoms with van der Waals surface area (Å²) in [4.78, 5) is 14.1. The highest BCUT2D eigenvalue weighted by Crippen LogP contribution is 2.52. The van der Waals surface area contributed by atoms with Gasteiger partial charge in [0.2, 0.25) is 0 Å². The van der Waals surface area contributed by atoms with E-state index in [1.165, 1.54) is 4.31 Å². The topological polar surface area (TPSA) is 108 Å². The maximum absolute atomic E-state index is 12.4. The monoisotopic (exact) mass is 429 g/mol. The Morgan fingerprint density at radius 3 is 2.34 bits per heavy atom. The van der Waals surface area contributed by atoms with Gasteiger partial charge >= 0.3 is 16.3 Å². The second-order valence-electron chi connectivity index (χ2n) is 7.70. The van der Waals surface area contributed by atoms with Crippen LogP contribution in [-0.4, -0.2) is 88.0 Å². The van der Waals surface area contributed by atoms with Crippen LogP contribution >= 0.6 is 0 Å². The van der Waals surface area contributed by atoms with Crippen molar-refractivity contribution in [3.63, 3.8) is 0 Å². The van der Waals surface area contributed by atoms with Crippen molar-refractivity contribution in [1.29, 1.82) is 0 Å². The summed E-state index contributed by atoms with van der Waals surface area (Å²) in [7, 11) is -3.90. The number of piperazine rings is 1. The lowest BCUT2D eigenvalue weighted by atomic mass is 10.1. The largest absolute Gasteiger partial charge is 0.449 e. The van der Waals surface area contributed by atoms with Gasteiger partial charge in [-0.3, -0.25) is 4.90 Å². The van der Waals surface area contributed by atoms with Crippen LogP contribution < -0.4 is 4.72 Å². The van der Waals surface area contributed by atoms with E-state index < -0.39 is 16.3 Å². The summed E-state index contributed by atoms with van der Waals surface area (Å²) >= 11 is 0. The number of carbonyl (C=O) groups excluding carboxylic acids is 1. The number of ether oxygens (including phenoxy) is 2. The van der Waals surface area contributed by atoms with Crippen LogP contribution in [0.2, 0.25) is 0 Å². The maximum atomic E-state index is 12.4. The van der Waals surface area contributed by atoms with E-state index in [1.807, 2.05) is 4.72 Å². The third-order valence-electron chi connectivity index (χ3n) is 5.92. The highest BCUT2D eigenvalue weighted by molar-refractivity contribution is 7.87. The number of aliphatic hydroxyl groups excluding tert-OH is 1. The zero-order valence-corrected chi connectivity index (χ0v) is 17.5. The number of aliphatic hydroxyl groups is 1. The van der Waals surface area contributed by atoms with Gasteiger partial charge in [0.15, 0.2) is 0 Å². The SMILES string of the molecule is O=C(NS(=O)(=O)N1CCN(CCOCCO)CC1)OC[C@@H]1[C@@H]2CCC#CCC[C@@H]21. The number of nitrogens with one attached hydrogen (secondary N) is 1. The molecule has 0 aromatic heterocycles. The zero-order valence-electron chi connectivity index (χ0n) is 16.7. The fourth-order valence-electron chi connectivity index (χ4n) is 4.21. The first-order chi connectivity index (χ1) is 14.0. The van der Waals surface area contributed by atoms with Crippen molar-refractivity contribution >= 4 is 16.3 Å². The van der Waals surface area contributed by atoms with Gasteiger partial charge in [-0.15, -0.1) is 11.8 Å². The van der Waals surface area contributed by atoms with Crippen molar-refractivity contribution in [3.05, 3.63) is 0 Å². The molecule has 2 fully saturated rings. The second-order valence-corrected chi connectivity index (χ2v) is 9.38. The van der Waals surface area contributed by atoms with Gasteiger partial charge in [0.05, 0.1) is 26.4 Å². The Labute approximate surface area is 172 Å². The Morgan fingerprint density at radius 1 is 1.07 bits per heavy atom. The van der Waals surface area contributed by atoms with Crippen LogP contribution in [0.1, 0.15) is 25.7 Å². The quantitative estimate of drug-likeness (QED) is 0.393.